The van der Waals surface area contributed by atoms with Crippen LogP contribution in [0.5, 0.6) is 0 Å². The van der Waals surface area contributed by atoms with Crippen LogP contribution >= 0.6 is 0 Å². The van der Waals surface area contributed by atoms with E-state index >= 15 is 0 Å². The van der Waals surface area contributed by atoms with E-state index in [1.807, 2.05) is 0 Å². The summed E-state index contributed by atoms with van der Waals surface area (Å²) in [5.74, 6) is -2.66. The van der Waals surface area contributed by atoms with Crippen molar-refractivity contribution in [3.63, 3.8) is 0 Å². The Morgan fingerprint density at radius 3 is 2.05 bits per heavy atom. The molecule has 0 aliphatic heterocycles. The molecule has 0 amide bonds. The molecule has 1 aromatic rings. The van der Waals surface area contributed by atoms with E-state index in [1.54, 1.807) is 0 Å². The van der Waals surface area contributed by atoms with Gasteiger partial charge in [-0.1, -0.05) is 6.07 Å². The van der Waals surface area contributed by atoms with Crippen LogP contribution in [0.2, 0.25) is 0 Å². The number of alkyl halides is 6. The molecule has 116 valence electrons. The van der Waals surface area contributed by atoms with Crippen LogP contribution in [-0.2, 0) is 33.1 Å². The van der Waals surface area contributed by atoms with E-state index in [1.165, 1.54) is 0 Å². The minimum atomic E-state index is -5.09. The highest BCUT2D eigenvalue weighted by atomic mass is 19.4. The van der Waals surface area contributed by atoms with Crippen molar-refractivity contribution in [2.75, 3.05) is 7.11 Å². The maximum Gasteiger partial charge on any atom is 0.416 e. The first-order chi connectivity index (χ1) is 9.46. The molecule has 0 fully saturated rings. The van der Waals surface area contributed by atoms with Gasteiger partial charge in [-0.3, -0.25) is 4.79 Å². The Balaban J connectivity index is 3.27. The van der Waals surface area contributed by atoms with E-state index in [0.29, 0.717) is 12.1 Å². The average molecular weight is 314 g/mol. The number of hydrogen-bond donors (Lipinski definition) is 0. The second-order valence-corrected chi connectivity index (χ2v) is 3.96. The Bertz CT molecular complexity index is 559. The topological polar surface area (TPSA) is 43.4 Å². The van der Waals surface area contributed by atoms with Gasteiger partial charge in [0.1, 0.15) is 0 Å². The Labute approximate surface area is 114 Å². The number of esters is 1. The summed E-state index contributed by atoms with van der Waals surface area (Å²) in [6.45, 7) is 0. The highest BCUT2D eigenvalue weighted by molar-refractivity contribution is 6.34. The van der Waals surface area contributed by atoms with Crippen molar-refractivity contribution in [3.8, 4) is 0 Å². The third kappa shape index (κ3) is 4.20. The lowest BCUT2D eigenvalue weighted by molar-refractivity contribution is -0.151. The molecule has 21 heavy (non-hydrogen) atoms. The van der Waals surface area contributed by atoms with Crippen molar-refractivity contribution < 1.29 is 40.7 Å². The zero-order valence-corrected chi connectivity index (χ0v) is 10.4. The summed E-state index contributed by atoms with van der Waals surface area (Å²) in [6, 6.07) is 0.835. The quantitative estimate of drug-likeness (QED) is 0.489. The van der Waals surface area contributed by atoms with E-state index in [4.69, 9.17) is 0 Å². The number of rotatable bonds is 3. The molecule has 9 heteroatoms. The number of halogens is 6. The molecule has 0 aliphatic rings. The fourth-order valence-electron chi connectivity index (χ4n) is 1.53. The third-order valence-electron chi connectivity index (χ3n) is 2.51. The van der Waals surface area contributed by atoms with E-state index in [2.05, 4.69) is 4.74 Å². The monoisotopic (exact) mass is 314 g/mol. The van der Waals surface area contributed by atoms with E-state index in [0.717, 1.165) is 7.11 Å². The van der Waals surface area contributed by atoms with Crippen molar-refractivity contribution in [1.82, 2.24) is 0 Å². The molecule has 0 atom stereocenters. The number of ether oxygens (including phenoxy) is 1. The van der Waals surface area contributed by atoms with Gasteiger partial charge < -0.3 is 4.74 Å². The molecule has 0 saturated carbocycles. The predicted molar refractivity (Wildman–Crippen MR) is 57.2 cm³/mol. The molecule has 1 rings (SSSR count). The molecule has 1 aromatic carbocycles. The summed E-state index contributed by atoms with van der Waals surface area (Å²) in [6.07, 6.45) is -11.0. The van der Waals surface area contributed by atoms with Crippen LogP contribution in [0.4, 0.5) is 26.3 Å². The Hall–Kier alpha value is -2.06. The molecule has 0 radical (unpaired) electrons. The maximum atomic E-state index is 12.8. The Morgan fingerprint density at radius 1 is 1.05 bits per heavy atom. The van der Waals surface area contributed by atoms with Crippen LogP contribution in [0.3, 0.4) is 0 Å². The van der Waals surface area contributed by atoms with Gasteiger partial charge in [0.2, 0.25) is 5.78 Å². The zero-order valence-electron chi connectivity index (χ0n) is 10.4. The lowest BCUT2D eigenvalue weighted by atomic mass is 9.99. The lowest BCUT2D eigenvalue weighted by Crippen LogP contribution is -2.21. The summed E-state index contributed by atoms with van der Waals surface area (Å²) in [7, 11) is 0.859. The van der Waals surface area contributed by atoms with Gasteiger partial charge in [0.15, 0.2) is 0 Å². The number of hydrogen-bond acceptors (Lipinski definition) is 3. The SMILES string of the molecule is COC(=O)C(=O)Cc1ccc(C(F)(F)F)cc1C(F)(F)F. The molecule has 0 spiro atoms. The van der Waals surface area contributed by atoms with Crippen LogP contribution in [0, 0.1) is 0 Å². The zero-order chi connectivity index (χ0) is 16.4. The lowest BCUT2D eigenvalue weighted by Gasteiger charge is -2.15. The number of ketones is 1. The van der Waals surface area contributed by atoms with Crippen molar-refractivity contribution in [3.05, 3.63) is 34.9 Å². The number of carbonyl (C=O) groups excluding carboxylic acids is 2. The average Bonchev–Trinajstić information content (AvgIpc) is 2.35. The first kappa shape index (κ1) is 17.0. The van der Waals surface area contributed by atoms with Crippen molar-refractivity contribution in [2.24, 2.45) is 0 Å². The van der Waals surface area contributed by atoms with Crippen molar-refractivity contribution >= 4 is 11.8 Å². The summed E-state index contributed by atoms with van der Waals surface area (Å²) >= 11 is 0. The van der Waals surface area contributed by atoms with E-state index < -0.39 is 47.2 Å². The fraction of sp³-hybridized carbons (Fsp3) is 0.333. The van der Waals surface area contributed by atoms with Gasteiger partial charge in [-0.05, 0) is 17.7 Å². The molecule has 0 bridgehead atoms. The summed E-state index contributed by atoms with van der Waals surface area (Å²) in [5.41, 5.74) is -3.84. The van der Waals surface area contributed by atoms with Gasteiger partial charge in [-0.2, -0.15) is 26.3 Å². The van der Waals surface area contributed by atoms with Gasteiger partial charge in [0, 0.05) is 6.42 Å². The smallest absolute Gasteiger partial charge is 0.416 e. The first-order valence-corrected chi connectivity index (χ1v) is 5.35. The minimum absolute atomic E-state index is 0.0973. The number of carbonyl (C=O) groups is 2. The molecule has 0 unspecified atom stereocenters. The second kappa shape index (κ2) is 5.74. The van der Waals surface area contributed by atoms with Crippen molar-refractivity contribution in [2.45, 2.75) is 18.8 Å². The van der Waals surface area contributed by atoms with Gasteiger partial charge in [-0.15, -0.1) is 0 Å². The molecule has 0 aromatic heterocycles. The minimum Gasteiger partial charge on any atom is -0.463 e. The van der Waals surface area contributed by atoms with Crippen LogP contribution in [0.1, 0.15) is 16.7 Å². The summed E-state index contributed by atoms with van der Waals surface area (Å²) in [4.78, 5) is 22.1. The Morgan fingerprint density at radius 2 is 1.62 bits per heavy atom. The second-order valence-electron chi connectivity index (χ2n) is 3.96. The molecule has 0 N–H and O–H groups in total. The van der Waals surface area contributed by atoms with Crippen molar-refractivity contribution in [1.29, 1.82) is 0 Å². The summed E-state index contributed by atoms with van der Waals surface area (Å²) in [5, 5.41) is 0. The highest BCUT2D eigenvalue weighted by Crippen LogP contribution is 2.37. The van der Waals surface area contributed by atoms with Gasteiger partial charge >= 0.3 is 18.3 Å². The molecule has 0 saturated heterocycles. The van der Waals surface area contributed by atoms with Crippen LogP contribution in [-0.4, -0.2) is 18.9 Å². The molecule has 0 heterocycles. The van der Waals surface area contributed by atoms with Gasteiger partial charge in [0.25, 0.3) is 0 Å². The molecule has 3 nitrogen and oxygen atoms in total. The number of methoxy groups -OCH3 is 1. The molecular formula is C12H8F6O3. The largest absolute Gasteiger partial charge is 0.463 e. The van der Waals surface area contributed by atoms with Gasteiger partial charge in [0.05, 0.1) is 18.2 Å². The highest BCUT2D eigenvalue weighted by Gasteiger charge is 2.38. The predicted octanol–water partition coefficient (Wildman–Crippen LogP) is 3.01. The van der Waals surface area contributed by atoms with E-state index in [-0.39, 0.29) is 6.07 Å². The molecule has 0 aliphatic carbocycles. The standard InChI is InChI=1S/C12H8F6O3/c1-21-10(20)9(19)4-6-2-3-7(11(13,14)15)5-8(6)12(16,17)18/h2-3,5H,4H2,1H3. The number of benzene rings is 1. The fourth-order valence-corrected chi connectivity index (χ4v) is 1.53. The van der Waals surface area contributed by atoms with E-state index in [9.17, 15) is 35.9 Å². The normalized spacial score (nSPS) is 12.1. The van der Waals surface area contributed by atoms with Crippen LogP contribution in [0.15, 0.2) is 18.2 Å². The maximum absolute atomic E-state index is 12.8. The first-order valence-electron chi connectivity index (χ1n) is 5.35. The Kier molecular flexibility index (Phi) is 4.65. The van der Waals surface area contributed by atoms with Crippen LogP contribution in [0.25, 0.3) is 0 Å². The van der Waals surface area contributed by atoms with Gasteiger partial charge in [-0.25, -0.2) is 4.79 Å². The molecular weight excluding hydrogens is 306 g/mol. The third-order valence-corrected chi connectivity index (χ3v) is 2.51. The van der Waals surface area contributed by atoms with Crippen LogP contribution < -0.4 is 0 Å². The summed E-state index contributed by atoms with van der Waals surface area (Å²) < 4.78 is 79.6. The number of Topliss-reactive ketones (excluding diaryl/α,β-unsaturated/α-hetero) is 1.